The first-order valence-electron chi connectivity index (χ1n) is 5.86. The van der Waals surface area contributed by atoms with Crippen LogP contribution in [0, 0.1) is 6.92 Å². The zero-order valence-corrected chi connectivity index (χ0v) is 10.8. The monoisotopic (exact) mass is 258 g/mol. The quantitative estimate of drug-likeness (QED) is 0.674. The molecule has 2 rings (SSSR count). The van der Waals surface area contributed by atoms with Gasteiger partial charge in [0.05, 0.1) is 11.3 Å². The number of H-pyrrole nitrogens is 1. The van der Waals surface area contributed by atoms with Gasteiger partial charge >= 0.3 is 5.97 Å². The van der Waals surface area contributed by atoms with Crippen molar-refractivity contribution in [2.24, 2.45) is 0 Å². The van der Waals surface area contributed by atoms with Crippen LogP contribution in [0.4, 0.5) is 0 Å². The van der Waals surface area contributed by atoms with Gasteiger partial charge in [-0.15, -0.1) is 0 Å². The molecule has 0 radical (unpaired) electrons. The molecule has 1 aromatic heterocycles. The molecular formula is C14H14N2O3. The van der Waals surface area contributed by atoms with E-state index < -0.39 is 5.97 Å². The van der Waals surface area contributed by atoms with Gasteiger partial charge in [-0.2, -0.15) is 0 Å². The van der Waals surface area contributed by atoms with Crippen molar-refractivity contribution in [3.8, 4) is 0 Å². The van der Waals surface area contributed by atoms with Crippen LogP contribution in [-0.2, 0) is 11.3 Å². The van der Waals surface area contributed by atoms with Crippen molar-refractivity contribution in [3.63, 3.8) is 0 Å². The van der Waals surface area contributed by atoms with Crippen molar-refractivity contribution >= 4 is 11.8 Å². The predicted molar refractivity (Wildman–Crippen MR) is 68.9 cm³/mol. The molecule has 0 aliphatic rings. The zero-order chi connectivity index (χ0) is 13.8. The van der Waals surface area contributed by atoms with Gasteiger partial charge in [0.2, 0.25) is 0 Å². The van der Waals surface area contributed by atoms with Crippen molar-refractivity contribution in [2.45, 2.75) is 20.5 Å². The van der Waals surface area contributed by atoms with Gasteiger partial charge < -0.3 is 9.72 Å². The summed E-state index contributed by atoms with van der Waals surface area (Å²) in [5, 5.41) is 0. The van der Waals surface area contributed by atoms with Crippen LogP contribution in [0.1, 0.15) is 39.3 Å². The molecule has 0 saturated heterocycles. The number of benzene rings is 1. The summed E-state index contributed by atoms with van der Waals surface area (Å²) in [6.45, 7) is 3.26. The van der Waals surface area contributed by atoms with Gasteiger partial charge in [-0.1, -0.05) is 18.2 Å². The molecular weight excluding hydrogens is 244 g/mol. The number of carbonyl (C=O) groups excluding carboxylic acids is 2. The summed E-state index contributed by atoms with van der Waals surface area (Å²) in [7, 11) is 0. The molecule has 0 saturated carbocycles. The average Bonchev–Trinajstić information content (AvgIpc) is 2.79. The van der Waals surface area contributed by atoms with Crippen molar-refractivity contribution in [2.75, 3.05) is 0 Å². The number of aromatic nitrogens is 2. The van der Waals surface area contributed by atoms with Crippen LogP contribution in [0.5, 0.6) is 0 Å². The summed E-state index contributed by atoms with van der Waals surface area (Å²) < 4.78 is 5.16. The summed E-state index contributed by atoms with van der Waals surface area (Å²) in [5.74, 6) is -0.278. The number of aryl methyl sites for hydroxylation is 1. The van der Waals surface area contributed by atoms with E-state index in [1.807, 2.05) is 6.07 Å². The van der Waals surface area contributed by atoms with Gasteiger partial charge in [-0.25, -0.2) is 9.78 Å². The molecule has 1 N–H and O–H groups in total. The largest absolute Gasteiger partial charge is 0.456 e. The average molecular weight is 258 g/mol. The second-order valence-electron chi connectivity index (χ2n) is 4.16. The molecule has 1 heterocycles. The summed E-state index contributed by atoms with van der Waals surface area (Å²) >= 11 is 0. The van der Waals surface area contributed by atoms with Gasteiger partial charge in [-0.05, 0) is 19.1 Å². The third kappa shape index (κ3) is 3.07. The number of carbonyl (C=O) groups is 2. The second kappa shape index (κ2) is 5.48. The molecule has 0 aliphatic heterocycles. The Bertz CT molecular complexity index is 602. The number of aromatic amines is 1. The molecule has 0 spiro atoms. The van der Waals surface area contributed by atoms with Crippen LogP contribution < -0.4 is 0 Å². The molecule has 5 heteroatoms. The molecule has 98 valence electrons. The Labute approximate surface area is 110 Å². The third-order valence-corrected chi connectivity index (χ3v) is 2.67. The maximum Gasteiger partial charge on any atom is 0.338 e. The molecule has 0 fully saturated rings. The Morgan fingerprint density at radius 2 is 1.95 bits per heavy atom. The highest BCUT2D eigenvalue weighted by Gasteiger charge is 2.12. The number of imidazole rings is 1. The van der Waals surface area contributed by atoms with Crippen LogP contribution in [0.2, 0.25) is 0 Å². The highest BCUT2D eigenvalue weighted by Crippen LogP contribution is 2.09. The van der Waals surface area contributed by atoms with E-state index in [9.17, 15) is 9.59 Å². The molecule has 0 amide bonds. The minimum absolute atomic E-state index is 0.0450. The minimum Gasteiger partial charge on any atom is -0.456 e. The van der Waals surface area contributed by atoms with Crippen molar-refractivity contribution in [3.05, 3.63) is 53.1 Å². The lowest BCUT2D eigenvalue weighted by atomic mass is 10.2. The summed E-state index contributed by atoms with van der Waals surface area (Å²) in [6.07, 6.45) is 0. The highest BCUT2D eigenvalue weighted by atomic mass is 16.5. The fourth-order valence-corrected chi connectivity index (χ4v) is 1.60. The van der Waals surface area contributed by atoms with Crippen LogP contribution >= 0.6 is 0 Å². The standard InChI is InChI=1S/C14H14N2O3/c1-9-12(16-13(15-9)10(2)17)8-19-14(18)11-6-4-3-5-7-11/h3-7H,8H2,1-2H3,(H,15,16). The number of nitrogens with zero attached hydrogens (tertiary/aromatic N) is 1. The number of rotatable bonds is 4. The van der Waals surface area contributed by atoms with Gasteiger partial charge in [0.25, 0.3) is 0 Å². The Kier molecular flexibility index (Phi) is 3.75. The Morgan fingerprint density at radius 3 is 2.53 bits per heavy atom. The van der Waals surface area contributed by atoms with Gasteiger partial charge in [-0.3, -0.25) is 4.79 Å². The smallest absolute Gasteiger partial charge is 0.338 e. The van der Waals surface area contributed by atoms with E-state index >= 15 is 0 Å². The highest BCUT2D eigenvalue weighted by molar-refractivity contribution is 5.90. The minimum atomic E-state index is -0.410. The Morgan fingerprint density at radius 1 is 1.26 bits per heavy atom. The van der Waals surface area contributed by atoms with Gasteiger partial charge in [0, 0.05) is 12.6 Å². The first kappa shape index (κ1) is 13.0. The van der Waals surface area contributed by atoms with E-state index in [0.717, 1.165) is 5.69 Å². The lowest BCUT2D eigenvalue weighted by Crippen LogP contribution is -2.06. The molecule has 0 bridgehead atoms. The first-order chi connectivity index (χ1) is 9.08. The fraction of sp³-hybridized carbons (Fsp3) is 0.214. The molecule has 5 nitrogen and oxygen atoms in total. The number of Topliss-reactive ketones (excluding diaryl/α,β-unsaturated/α-hetero) is 1. The van der Waals surface area contributed by atoms with E-state index in [2.05, 4.69) is 9.97 Å². The predicted octanol–water partition coefficient (Wildman–Crippen LogP) is 2.28. The lowest BCUT2D eigenvalue weighted by Gasteiger charge is -2.03. The number of esters is 1. The molecule has 0 unspecified atom stereocenters. The second-order valence-corrected chi connectivity index (χ2v) is 4.16. The molecule has 1 aromatic carbocycles. The number of ether oxygens (including phenoxy) is 1. The SMILES string of the molecule is CC(=O)c1nc(COC(=O)c2ccccc2)c(C)[nH]1. The zero-order valence-electron chi connectivity index (χ0n) is 10.8. The van der Waals surface area contributed by atoms with E-state index in [4.69, 9.17) is 4.74 Å². The molecule has 0 atom stereocenters. The van der Waals surface area contributed by atoms with Crippen molar-refractivity contribution in [1.82, 2.24) is 9.97 Å². The Hall–Kier alpha value is -2.43. The van der Waals surface area contributed by atoms with Gasteiger partial charge in [0.1, 0.15) is 6.61 Å². The van der Waals surface area contributed by atoms with E-state index in [-0.39, 0.29) is 18.2 Å². The van der Waals surface area contributed by atoms with Crippen LogP contribution in [-0.4, -0.2) is 21.7 Å². The van der Waals surface area contributed by atoms with E-state index in [1.165, 1.54) is 6.92 Å². The first-order valence-corrected chi connectivity index (χ1v) is 5.86. The fourth-order valence-electron chi connectivity index (χ4n) is 1.60. The van der Waals surface area contributed by atoms with Crippen molar-refractivity contribution < 1.29 is 14.3 Å². The topological polar surface area (TPSA) is 72.0 Å². The van der Waals surface area contributed by atoms with Crippen LogP contribution in [0.3, 0.4) is 0 Å². The number of hydrogen-bond acceptors (Lipinski definition) is 4. The van der Waals surface area contributed by atoms with Crippen LogP contribution in [0.25, 0.3) is 0 Å². The summed E-state index contributed by atoms with van der Waals surface area (Å²) in [6, 6.07) is 8.73. The van der Waals surface area contributed by atoms with E-state index in [1.54, 1.807) is 31.2 Å². The molecule has 2 aromatic rings. The maximum atomic E-state index is 11.7. The summed E-state index contributed by atoms with van der Waals surface area (Å²) in [4.78, 5) is 29.9. The molecule has 19 heavy (non-hydrogen) atoms. The van der Waals surface area contributed by atoms with Crippen molar-refractivity contribution in [1.29, 1.82) is 0 Å². The Balaban J connectivity index is 2.03. The van der Waals surface area contributed by atoms with Crippen LogP contribution in [0.15, 0.2) is 30.3 Å². The van der Waals surface area contributed by atoms with Gasteiger partial charge in [0.15, 0.2) is 11.6 Å². The summed E-state index contributed by atoms with van der Waals surface area (Å²) in [5.41, 5.74) is 1.78. The third-order valence-electron chi connectivity index (χ3n) is 2.67. The maximum absolute atomic E-state index is 11.7. The number of nitrogens with one attached hydrogen (secondary N) is 1. The molecule has 0 aliphatic carbocycles. The lowest BCUT2D eigenvalue weighted by molar-refractivity contribution is 0.0467. The number of hydrogen-bond donors (Lipinski definition) is 1. The normalized spacial score (nSPS) is 10.2. The number of ketones is 1. The van der Waals surface area contributed by atoms with E-state index in [0.29, 0.717) is 11.3 Å².